The monoisotopic (exact) mass is 300 g/mol. The molecule has 22 heavy (non-hydrogen) atoms. The second-order valence-corrected chi connectivity index (χ2v) is 4.82. The van der Waals surface area contributed by atoms with Gasteiger partial charge >= 0.3 is 0 Å². The summed E-state index contributed by atoms with van der Waals surface area (Å²) in [6.45, 7) is 7.21. The molecule has 2 aromatic rings. The number of rotatable bonds is 7. The summed E-state index contributed by atoms with van der Waals surface area (Å²) in [5, 5.41) is 7.51. The van der Waals surface area contributed by atoms with Gasteiger partial charge in [0.05, 0.1) is 6.61 Å². The van der Waals surface area contributed by atoms with Gasteiger partial charge in [-0.3, -0.25) is 9.98 Å². The zero-order chi connectivity index (χ0) is 15.6. The van der Waals surface area contributed by atoms with Crippen molar-refractivity contribution >= 4 is 16.9 Å². The van der Waals surface area contributed by atoms with Crippen LogP contribution in [0.25, 0.3) is 10.9 Å². The fourth-order valence-electron chi connectivity index (χ4n) is 2.14. The number of fused-ring (bicyclic) bond motifs is 1. The van der Waals surface area contributed by atoms with Crippen LogP contribution in [0.5, 0.6) is 5.75 Å². The van der Waals surface area contributed by atoms with Gasteiger partial charge in [0.1, 0.15) is 11.3 Å². The van der Waals surface area contributed by atoms with E-state index in [4.69, 9.17) is 4.74 Å². The van der Waals surface area contributed by atoms with E-state index in [0.717, 1.165) is 48.7 Å². The van der Waals surface area contributed by atoms with Crippen LogP contribution in [-0.2, 0) is 0 Å². The minimum atomic E-state index is 0.630. The normalized spacial score (nSPS) is 10.3. The molecule has 0 spiro atoms. The first kappa shape index (κ1) is 16.1. The predicted molar refractivity (Wildman–Crippen MR) is 91.5 cm³/mol. The van der Waals surface area contributed by atoms with Crippen molar-refractivity contribution in [2.24, 2.45) is 4.99 Å². The van der Waals surface area contributed by atoms with E-state index >= 15 is 0 Å². The zero-order valence-electron chi connectivity index (χ0n) is 13.3. The van der Waals surface area contributed by atoms with Gasteiger partial charge in [0.2, 0.25) is 0 Å². The minimum Gasteiger partial charge on any atom is -0.491 e. The van der Waals surface area contributed by atoms with Crippen LogP contribution in [0.3, 0.4) is 0 Å². The van der Waals surface area contributed by atoms with Crippen molar-refractivity contribution in [2.75, 3.05) is 26.2 Å². The maximum atomic E-state index is 5.85. The largest absolute Gasteiger partial charge is 0.491 e. The Morgan fingerprint density at radius 3 is 2.68 bits per heavy atom. The summed E-state index contributed by atoms with van der Waals surface area (Å²) in [6, 6.07) is 9.97. The second-order valence-electron chi connectivity index (χ2n) is 4.82. The molecule has 1 aromatic carbocycles. The number of pyridine rings is 1. The van der Waals surface area contributed by atoms with Gasteiger partial charge in [-0.15, -0.1) is 0 Å². The van der Waals surface area contributed by atoms with Crippen molar-refractivity contribution in [3.8, 4) is 5.75 Å². The van der Waals surface area contributed by atoms with Crippen LogP contribution in [0, 0.1) is 0 Å². The summed E-state index contributed by atoms with van der Waals surface area (Å²) in [5.74, 6) is 1.69. The number of aliphatic imine (C=N–C) groups is 1. The summed E-state index contributed by atoms with van der Waals surface area (Å²) in [6.07, 6.45) is 2.65. The van der Waals surface area contributed by atoms with E-state index in [1.807, 2.05) is 30.3 Å². The van der Waals surface area contributed by atoms with E-state index in [9.17, 15) is 0 Å². The standard InChI is InChI=1S/C17H24N4O/c1-3-18-17(19-4-2)21-12-7-13-22-15-10-5-8-14-9-6-11-20-16(14)15/h5-6,8-11H,3-4,7,12-13H2,1-2H3,(H2,18,19,21). The summed E-state index contributed by atoms with van der Waals surface area (Å²) in [4.78, 5) is 8.88. The first-order chi connectivity index (χ1) is 10.8. The number of nitrogens with one attached hydrogen (secondary N) is 2. The molecule has 0 bridgehead atoms. The highest BCUT2D eigenvalue weighted by molar-refractivity contribution is 5.84. The Hall–Kier alpha value is -2.30. The third-order valence-corrected chi connectivity index (χ3v) is 3.11. The molecule has 5 heteroatoms. The highest BCUT2D eigenvalue weighted by atomic mass is 16.5. The van der Waals surface area contributed by atoms with E-state index in [-0.39, 0.29) is 0 Å². The Balaban J connectivity index is 1.84. The number of para-hydroxylation sites is 1. The van der Waals surface area contributed by atoms with Gasteiger partial charge < -0.3 is 15.4 Å². The van der Waals surface area contributed by atoms with Crippen molar-refractivity contribution in [3.63, 3.8) is 0 Å². The number of hydrogen-bond acceptors (Lipinski definition) is 3. The van der Waals surface area contributed by atoms with E-state index in [1.165, 1.54) is 0 Å². The fraction of sp³-hybridized carbons (Fsp3) is 0.412. The van der Waals surface area contributed by atoms with Gasteiger partial charge in [0, 0.05) is 37.6 Å². The molecule has 0 saturated carbocycles. The number of hydrogen-bond donors (Lipinski definition) is 2. The minimum absolute atomic E-state index is 0.630. The van der Waals surface area contributed by atoms with Crippen molar-refractivity contribution in [2.45, 2.75) is 20.3 Å². The molecule has 0 amide bonds. The molecule has 0 fully saturated rings. The molecule has 0 aliphatic carbocycles. The SMILES string of the molecule is CCNC(=NCCCOc1cccc2cccnc12)NCC. The molecule has 5 nitrogen and oxygen atoms in total. The average Bonchev–Trinajstić information content (AvgIpc) is 2.55. The third-order valence-electron chi connectivity index (χ3n) is 3.11. The van der Waals surface area contributed by atoms with E-state index in [0.29, 0.717) is 6.61 Å². The van der Waals surface area contributed by atoms with Gasteiger partial charge in [-0.25, -0.2) is 0 Å². The van der Waals surface area contributed by atoms with Gasteiger partial charge in [-0.1, -0.05) is 18.2 Å². The highest BCUT2D eigenvalue weighted by Gasteiger charge is 2.02. The Morgan fingerprint density at radius 2 is 1.91 bits per heavy atom. The Bertz CT molecular complexity index is 599. The van der Waals surface area contributed by atoms with Gasteiger partial charge in [0.15, 0.2) is 5.96 Å². The number of benzene rings is 1. The van der Waals surface area contributed by atoms with E-state index < -0.39 is 0 Å². The first-order valence-electron chi connectivity index (χ1n) is 7.84. The Kier molecular flexibility index (Phi) is 6.48. The molecule has 0 atom stereocenters. The summed E-state index contributed by atoms with van der Waals surface area (Å²) >= 11 is 0. The molecule has 0 aliphatic rings. The molecule has 0 radical (unpaired) electrons. The molecule has 2 rings (SSSR count). The second kappa shape index (κ2) is 8.87. The molecule has 118 valence electrons. The average molecular weight is 300 g/mol. The van der Waals surface area contributed by atoms with Crippen molar-refractivity contribution in [1.82, 2.24) is 15.6 Å². The fourth-order valence-corrected chi connectivity index (χ4v) is 2.14. The van der Waals surface area contributed by atoms with Crippen LogP contribution in [-0.4, -0.2) is 37.2 Å². The van der Waals surface area contributed by atoms with Crippen LogP contribution < -0.4 is 15.4 Å². The first-order valence-corrected chi connectivity index (χ1v) is 7.84. The quantitative estimate of drug-likeness (QED) is 0.469. The van der Waals surface area contributed by atoms with Crippen LogP contribution in [0.15, 0.2) is 41.5 Å². The Morgan fingerprint density at radius 1 is 1.14 bits per heavy atom. The number of nitrogens with zero attached hydrogens (tertiary/aromatic N) is 2. The van der Waals surface area contributed by atoms with Gasteiger partial charge in [-0.2, -0.15) is 0 Å². The zero-order valence-corrected chi connectivity index (χ0v) is 13.3. The molecule has 0 unspecified atom stereocenters. The lowest BCUT2D eigenvalue weighted by Crippen LogP contribution is -2.37. The predicted octanol–water partition coefficient (Wildman–Crippen LogP) is 2.58. The lowest BCUT2D eigenvalue weighted by molar-refractivity contribution is 0.316. The molecule has 0 aliphatic heterocycles. The van der Waals surface area contributed by atoms with Gasteiger partial charge in [-0.05, 0) is 26.0 Å². The lowest BCUT2D eigenvalue weighted by Gasteiger charge is -2.10. The van der Waals surface area contributed by atoms with Crippen LogP contribution in [0.2, 0.25) is 0 Å². The van der Waals surface area contributed by atoms with Crippen molar-refractivity contribution in [1.29, 1.82) is 0 Å². The topological polar surface area (TPSA) is 58.5 Å². The summed E-state index contributed by atoms with van der Waals surface area (Å²) < 4.78 is 5.85. The maximum Gasteiger partial charge on any atom is 0.191 e. The van der Waals surface area contributed by atoms with E-state index in [1.54, 1.807) is 6.20 Å². The number of aromatic nitrogens is 1. The summed E-state index contributed by atoms with van der Waals surface area (Å²) in [7, 11) is 0. The van der Waals surface area contributed by atoms with Crippen molar-refractivity contribution in [3.05, 3.63) is 36.5 Å². The molecular formula is C17H24N4O. The van der Waals surface area contributed by atoms with Crippen molar-refractivity contribution < 1.29 is 4.74 Å². The van der Waals surface area contributed by atoms with Gasteiger partial charge in [0.25, 0.3) is 0 Å². The molecule has 1 heterocycles. The number of ether oxygens (including phenoxy) is 1. The highest BCUT2D eigenvalue weighted by Crippen LogP contribution is 2.22. The molecule has 0 saturated heterocycles. The Labute approximate surface area is 131 Å². The molecule has 1 aromatic heterocycles. The number of guanidine groups is 1. The molecular weight excluding hydrogens is 276 g/mol. The maximum absolute atomic E-state index is 5.85. The van der Waals surface area contributed by atoms with E-state index in [2.05, 4.69) is 34.5 Å². The lowest BCUT2D eigenvalue weighted by atomic mass is 10.2. The third kappa shape index (κ3) is 4.62. The van der Waals surface area contributed by atoms with Crippen LogP contribution >= 0.6 is 0 Å². The van der Waals surface area contributed by atoms with Crippen LogP contribution in [0.1, 0.15) is 20.3 Å². The smallest absolute Gasteiger partial charge is 0.191 e. The molecule has 2 N–H and O–H groups in total. The van der Waals surface area contributed by atoms with Crippen LogP contribution in [0.4, 0.5) is 0 Å². The summed E-state index contributed by atoms with van der Waals surface area (Å²) in [5.41, 5.74) is 0.912.